The van der Waals surface area contributed by atoms with Crippen LogP contribution in [0.15, 0.2) is 23.0 Å². The van der Waals surface area contributed by atoms with E-state index in [-0.39, 0.29) is 0 Å². The summed E-state index contributed by atoms with van der Waals surface area (Å²) in [7, 11) is 0. The largest absolute Gasteiger partial charge is 0.361 e. The van der Waals surface area contributed by atoms with E-state index in [1.807, 2.05) is 6.20 Å². The maximum absolute atomic E-state index is 5.41. The molecule has 1 aliphatic heterocycles. The van der Waals surface area contributed by atoms with Gasteiger partial charge in [0.1, 0.15) is 11.6 Å². The highest BCUT2D eigenvalue weighted by molar-refractivity contribution is 5.08. The van der Waals surface area contributed by atoms with E-state index in [1.165, 1.54) is 12.8 Å². The second-order valence-corrected chi connectivity index (χ2v) is 6.75. The lowest BCUT2D eigenvalue weighted by molar-refractivity contribution is 0.152. The second-order valence-electron chi connectivity index (χ2n) is 6.75. The van der Waals surface area contributed by atoms with Gasteiger partial charge >= 0.3 is 0 Å². The molecule has 2 aromatic heterocycles. The lowest BCUT2D eigenvalue weighted by atomic mass is 9.97. The third-order valence-electron chi connectivity index (χ3n) is 4.51. The predicted molar refractivity (Wildman–Crippen MR) is 85.6 cm³/mol. The van der Waals surface area contributed by atoms with E-state index in [4.69, 9.17) is 4.52 Å². The van der Waals surface area contributed by atoms with E-state index in [0.29, 0.717) is 11.8 Å². The van der Waals surface area contributed by atoms with E-state index in [2.05, 4.69) is 52.6 Å². The van der Waals surface area contributed by atoms with Gasteiger partial charge in [-0.05, 0) is 32.2 Å². The van der Waals surface area contributed by atoms with Crippen molar-refractivity contribution in [2.45, 2.75) is 52.6 Å². The fourth-order valence-electron chi connectivity index (χ4n) is 3.22. The van der Waals surface area contributed by atoms with Crippen LogP contribution in [0.25, 0.3) is 0 Å². The van der Waals surface area contributed by atoms with Gasteiger partial charge in [-0.2, -0.15) is 0 Å². The Morgan fingerprint density at radius 3 is 2.95 bits per heavy atom. The van der Waals surface area contributed by atoms with Gasteiger partial charge in [-0.25, -0.2) is 4.98 Å². The molecule has 0 aliphatic carbocycles. The fourth-order valence-corrected chi connectivity index (χ4v) is 3.22. The van der Waals surface area contributed by atoms with Crippen LogP contribution in [0.5, 0.6) is 0 Å². The van der Waals surface area contributed by atoms with Crippen LogP contribution in [0.1, 0.15) is 49.9 Å². The van der Waals surface area contributed by atoms with Crippen LogP contribution in [0, 0.1) is 12.8 Å². The van der Waals surface area contributed by atoms with Crippen molar-refractivity contribution in [3.05, 3.63) is 35.7 Å². The number of likely N-dealkylation sites (tertiary alicyclic amines) is 1. The number of imidazole rings is 1. The first-order valence-electron chi connectivity index (χ1n) is 8.27. The Balaban J connectivity index is 1.57. The Morgan fingerprint density at radius 1 is 1.41 bits per heavy atom. The van der Waals surface area contributed by atoms with Crippen LogP contribution in [0.4, 0.5) is 0 Å². The molecule has 0 N–H and O–H groups in total. The SMILES string of the molecule is Cc1nccn1C[C@@H]1CCCN(Cc2cc(C(C)C)on2)C1. The smallest absolute Gasteiger partial charge is 0.139 e. The average molecular weight is 302 g/mol. The number of hydrogen-bond donors (Lipinski definition) is 0. The Hall–Kier alpha value is -1.62. The van der Waals surface area contributed by atoms with Crippen LogP contribution in [0.2, 0.25) is 0 Å². The molecule has 5 heteroatoms. The molecule has 1 fully saturated rings. The Labute approximate surface area is 132 Å². The van der Waals surface area contributed by atoms with Crippen molar-refractivity contribution in [2.75, 3.05) is 13.1 Å². The van der Waals surface area contributed by atoms with Gasteiger partial charge in [-0.1, -0.05) is 19.0 Å². The molecule has 0 aromatic carbocycles. The number of piperidine rings is 1. The lowest BCUT2D eigenvalue weighted by Gasteiger charge is -2.32. The molecule has 1 aliphatic rings. The third kappa shape index (κ3) is 3.58. The first-order chi connectivity index (χ1) is 10.6. The molecule has 5 nitrogen and oxygen atoms in total. The zero-order valence-corrected chi connectivity index (χ0v) is 13.8. The second kappa shape index (κ2) is 6.65. The predicted octanol–water partition coefficient (Wildman–Crippen LogP) is 3.22. The quantitative estimate of drug-likeness (QED) is 0.851. The molecule has 0 radical (unpaired) electrons. The molecule has 0 bridgehead atoms. The van der Waals surface area contributed by atoms with Crippen molar-refractivity contribution < 1.29 is 4.52 Å². The monoisotopic (exact) mass is 302 g/mol. The Kier molecular flexibility index (Phi) is 4.62. The minimum absolute atomic E-state index is 0.402. The summed E-state index contributed by atoms with van der Waals surface area (Å²) in [6.07, 6.45) is 6.52. The van der Waals surface area contributed by atoms with Crippen LogP contribution >= 0.6 is 0 Å². The number of aryl methyl sites for hydroxylation is 1. The summed E-state index contributed by atoms with van der Waals surface area (Å²) in [4.78, 5) is 6.82. The standard InChI is InChI=1S/C17H26N4O/c1-13(2)17-9-16(19-22-17)12-20-7-4-5-15(10-20)11-21-8-6-18-14(21)3/h6,8-9,13,15H,4-5,7,10-12H2,1-3H3/t15-/m1/s1. The van der Waals surface area contributed by atoms with E-state index in [9.17, 15) is 0 Å². The van der Waals surface area contributed by atoms with Crippen LogP contribution < -0.4 is 0 Å². The van der Waals surface area contributed by atoms with E-state index in [0.717, 1.165) is 43.5 Å². The summed E-state index contributed by atoms with van der Waals surface area (Å²) in [6, 6.07) is 2.11. The Bertz CT molecular complexity index is 601. The number of rotatable bonds is 5. The molecule has 0 amide bonds. The van der Waals surface area contributed by atoms with E-state index < -0.39 is 0 Å². The summed E-state index contributed by atoms with van der Waals surface area (Å²) in [6.45, 7) is 10.6. The highest BCUT2D eigenvalue weighted by Crippen LogP contribution is 2.22. The molecule has 2 aromatic rings. The molecular formula is C17H26N4O. The minimum Gasteiger partial charge on any atom is -0.361 e. The van der Waals surface area contributed by atoms with Crippen molar-refractivity contribution in [3.8, 4) is 0 Å². The van der Waals surface area contributed by atoms with Crippen molar-refractivity contribution in [1.29, 1.82) is 0 Å². The van der Waals surface area contributed by atoms with Gasteiger partial charge in [0.15, 0.2) is 0 Å². The fraction of sp³-hybridized carbons (Fsp3) is 0.647. The summed E-state index contributed by atoms with van der Waals surface area (Å²) >= 11 is 0. The first kappa shape index (κ1) is 15.3. The first-order valence-corrected chi connectivity index (χ1v) is 8.27. The molecule has 120 valence electrons. The maximum atomic E-state index is 5.41. The summed E-state index contributed by atoms with van der Waals surface area (Å²) < 4.78 is 7.67. The van der Waals surface area contributed by atoms with Crippen molar-refractivity contribution in [1.82, 2.24) is 19.6 Å². The van der Waals surface area contributed by atoms with Gasteiger partial charge in [0.2, 0.25) is 0 Å². The molecule has 22 heavy (non-hydrogen) atoms. The molecule has 0 saturated carbocycles. The van der Waals surface area contributed by atoms with E-state index in [1.54, 1.807) is 0 Å². The molecule has 1 saturated heterocycles. The number of nitrogens with zero attached hydrogens (tertiary/aromatic N) is 4. The number of aromatic nitrogens is 3. The molecule has 0 spiro atoms. The minimum atomic E-state index is 0.402. The zero-order chi connectivity index (χ0) is 15.5. The topological polar surface area (TPSA) is 47.1 Å². The van der Waals surface area contributed by atoms with Crippen LogP contribution in [-0.2, 0) is 13.1 Å². The van der Waals surface area contributed by atoms with Gasteiger partial charge in [0.05, 0.1) is 5.69 Å². The van der Waals surface area contributed by atoms with Gasteiger partial charge in [-0.15, -0.1) is 0 Å². The van der Waals surface area contributed by atoms with Gasteiger partial charge in [0.25, 0.3) is 0 Å². The summed E-state index contributed by atoms with van der Waals surface area (Å²) in [5.41, 5.74) is 1.06. The third-order valence-corrected chi connectivity index (χ3v) is 4.51. The summed E-state index contributed by atoms with van der Waals surface area (Å²) in [5, 5.41) is 4.21. The highest BCUT2D eigenvalue weighted by Gasteiger charge is 2.22. The normalized spacial score (nSPS) is 19.9. The van der Waals surface area contributed by atoms with Crippen LogP contribution in [-0.4, -0.2) is 32.7 Å². The molecule has 3 rings (SSSR count). The molecular weight excluding hydrogens is 276 g/mol. The highest BCUT2D eigenvalue weighted by atomic mass is 16.5. The molecule has 3 heterocycles. The molecule has 0 unspecified atom stereocenters. The zero-order valence-electron chi connectivity index (χ0n) is 13.8. The van der Waals surface area contributed by atoms with Gasteiger partial charge in [0, 0.05) is 44.0 Å². The average Bonchev–Trinajstić information content (AvgIpc) is 3.10. The lowest BCUT2D eigenvalue weighted by Crippen LogP contribution is -2.36. The van der Waals surface area contributed by atoms with Gasteiger partial charge in [-0.3, -0.25) is 4.90 Å². The van der Waals surface area contributed by atoms with Gasteiger partial charge < -0.3 is 9.09 Å². The Morgan fingerprint density at radius 2 is 2.27 bits per heavy atom. The van der Waals surface area contributed by atoms with E-state index >= 15 is 0 Å². The van der Waals surface area contributed by atoms with Crippen molar-refractivity contribution >= 4 is 0 Å². The summed E-state index contributed by atoms with van der Waals surface area (Å²) in [5.74, 6) is 3.19. The van der Waals surface area contributed by atoms with Crippen LogP contribution in [0.3, 0.4) is 0 Å². The maximum Gasteiger partial charge on any atom is 0.139 e. The number of hydrogen-bond acceptors (Lipinski definition) is 4. The van der Waals surface area contributed by atoms with Crippen molar-refractivity contribution in [2.24, 2.45) is 5.92 Å². The van der Waals surface area contributed by atoms with Crippen molar-refractivity contribution in [3.63, 3.8) is 0 Å². The molecule has 1 atom stereocenters.